The molecule has 1 heterocycles. The molecule has 0 saturated heterocycles. The number of allylic oxidation sites excluding steroid dienone is 1. The van der Waals surface area contributed by atoms with Crippen molar-refractivity contribution in [1.29, 1.82) is 0 Å². The van der Waals surface area contributed by atoms with Crippen LogP contribution in [0.1, 0.15) is 37.8 Å². The lowest BCUT2D eigenvalue weighted by Gasteiger charge is -2.35. The molecule has 0 radical (unpaired) electrons. The van der Waals surface area contributed by atoms with Gasteiger partial charge >= 0.3 is 0 Å². The van der Waals surface area contributed by atoms with Gasteiger partial charge in [-0.3, -0.25) is 9.48 Å². The van der Waals surface area contributed by atoms with Gasteiger partial charge in [-0.2, -0.15) is 5.10 Å². The average molecular weight is 245 g/mol. The summed E-state index contributed by atoms with van der Waals surface area (Å²) in [4.78, 5) is 11.8. The summed E-state index contributed by atoms with van der Waals surface area (Å²) in [6.07, 6.45) is 8.35. The molecule has 96 valence electrons. The number of amides is 1. The van der Waals surface area contributed by atoms with Crippen LogP contribution in [0.5, 0.6) is 0 Å². The molecular weight excluding hydrogens is 226 g/mol. The van der Waals surface area contributed by atoms with E-state index in [0.29, 0.717) is 12.5 Å². The smallest absolute Gasteiger partial charge is 0.226 e. The molecule has 4 nitrogen and oxygen atoms in total. The van der Waals surface area contributed by atoms with Crippen LogP contribution in [0.25, 0.3) is 0 Å². The highest BCUT2D eigenvalue weighted by Gasteiger charge is 2.28. The van der Waals surface area contributed by atoms with Crippen molar-refractivity contribution in [3.05, 3.63) is 29.1 Å². The molecule has 0 aliphatic heterocycles. The number of aromatic nitrogens is 2. The highest BCUT2D eigenvalue weighted by atomic mass is 16.1. The highest BCUT2D eigenvalue weighted by molar-refractivity contribution is 5.78. The second-order valence-corrected chi connectivity index (χ2v) is 5.39. The summed E-state index contributed by atoms with van der Waals surface area (Å²) in [6.45, 7) is 0. The first-order valence-corrected chi connectivity index (χ1v) is 6.68. The standard InChI is InChI=1S/C14H19N3O/c1-17-6-5-12(16-17)9-14(18)15-13-7-11(8-13)10-3-2-4-10/h5-6,13H,2-4,7-9H2,1H3,(H,15,18). The Morgan fingerprint density at radius 2 is 2.22 bits per heavy atom. The fourth-order valence-corrected chi connectivity index (χ4v) is 2.63. The van der Waals surface area contributed by atoms with Crippen molar-refractivity contribution in [1.82, 2.24) is 15.1 Å². The van der Waals surface area contributed by atoms with E-state index in [2.05, 4.69) is 10.4 Å². The van der Waals surface area contributed by atoms with Gasteiger partial charge in [0, 0.05) is 19.3 Å². The zero-order valence-corrected chi connectivity index (χ0v) is 10.8. The van der Waals surface area contributed by atoms with E-state index in [-0.39, 0.29) is 5.91 Å². The maximum absolute atomic E-state index is 11.8. The van der Waals surface area contributed by atoms with Gasteiger partial charge in [-0.1, -0.05) is 11.1 Å². The average Bonchev–Trinajstić information content (AvgIpc) is 2.57. The molecule has 1 N–H and O–H groups in total. The number of hydrogen-bond acceptors (Lipinski definition) is 2. The minimum atomic E-state index is 0.0939. The molecule has 0 atom stereocenters. The minimum absolute atomic E-state index is 0.0939. The molecule has 0 unspecified atom stereocenters. The van der Waals surface area contributed by atoms with E-state index in [4.69, 9.17) is 0 Å². The molecular formula is C14H19N3O. The number of hydrogen-bond donors (Lipinski definition) is 1. The number of carbonyl (C=O) groups excluding carboxylic acids is 1. The topological polar surface area (TPSA) is 46.9 Å². The van der Waals surface area contributed by atoms with Crippen LogP contribution in [0.15, 0.2) is 23.4 Å². The van der Waals surface area contributed by atoms with Crippen molar-refractivity contribution in [3.8, 4) is 0 Å². The fraction of sp³-hybridized carbons (Fsp3) is 0.571. The Labute approximate surface area is 107 Å². The Kier molecular flexibility index (Phi) is 2.94. The van der Waals surface area contributed by atoms with Crippen molar-refractivity contribution < 1.29 is 4.79 Å². The van der Waals surface area contributed by atoms with Gasteiger partial charge in [0.2, 0.25) is 5.91 Å². The largest absolute Gasteiger partial charge is 0.352 e. The monoisotopic (exact) mass is 245 g/mol. The molecule has 1 aromatic heterocycles. The van der Waals surface area contributed by atoms with Gasteiger partial charge in [0.05, 0.1) is 12.1 Å². The number of nitrogens with zero attached hydrogens (tertiary/aromatic N) is 2. The Hall–Kier alpha value is -1.58. The van der Waals surface area contributed by atoms with E-state index >= 15 is 0 Å². The molecule has 2 aliphatic rings. The van der Waals surface area contributed by atoms with Gasteiger partial charge in [0.1, 0.15) is 0 Å². The van der Waals surface area contributed by atoms with Crippen LogP contribution in [-0.2, 0) is 18.3 Å². The Morgan fingerprint density at radius 3 is 2.78 bits per heavy atom. The molecule has 2 saturated carbocycles. The maximum Gasteiger partial charge on any atom is 0.226 e. The number of nitrogens with one attached hydrogen (secondary N) is 1. The molecule has 4 heteroatoms. The first kappa shape index (κ1) is 11.5. The predicted octanol–water partition coefficient (Wildman–Crippen LogP) is 1.72. The lowest BCUT2D eigenvalue weighted by atomic mass is 9.76. The molecule has 2 fully saturated rings. The molecule has 3 rings (SSSR count). The SMILES string of the molecule is Cn1ccc(CC(=O)NC2CC(=C3CCC3)C2)n1. The normalized spacial score (nSPS) is 22.4. The van der Waals surface area contributed by atoms with Crippen molar-refractivity contribution in [2.75, 3.05) is 0 Å². The molecule has 0 spiro atoms. The summed E-state index contributed by atoms with van der Waals surface area (Å²) in [5, 5.41) is 7.30. The summed E-state index contributed by atoms with van der Waals surface area (Å²) in [6, 6.07) is 2.26. The van der Waals surface area contributed by atoms with Gasteiger partial charge in [-0.25, -0.2) is 0 Å². The van der Waals surface area contributed by atoms with Crippen LogP contribution in [0.4, 0.5) is 0 Å². The quantitative estimate of drug-likeness (QED) is 0.824. The maximum atomic E-state index is 11.8. The summed E-state index contributed by atoms with van der Waals surface area (Å²) >= 11 is 0. The zero-order valence-electron chi connectivity index (χ0n) is 10.8. The summed E-state index contributed by atoms with van der Waals surface area (Å²) in [5.41, 5.74) is 4.10. The Bertz CT molecular complexity index is 487. The third-order valence-electron chi connectivity index (χ3n) is 3.92. The van der Waals surface area contributed by atoms with Crippen molar-refractivity contribution in [2.24, 2.45) is 7.05 Å². The van der Waals surface area contributed by atoms with Crippen LogP contribution in [0.2, 0.25) is 0 Å². The second kappa shape index (κ2) is 4.59. The van der Waals surface area contributed by atoms with Crippen molar-refractivity contribution >= 4 is 5.91 Å². The summed E-state index contributed by atoms with van der Waals surface area (Å²) in [5.74, 6) is 0.0939. The van der Waals surface area contributed by atoms with Gasteiger partial charge in [-0.05, 0) is 38.2 Å². The zero-order chi connectivity index (χ0) is 12.5. The van der Waals surface area contributed by atoms with E-state index in [1.165, 1.54) is 19.3 Å². The van der Waals surface area contributed by atoms with E-state index in [1.54, 1.807) is 15.8 Å². The van der Waals surface area contributed by atoms with E-state index in [0.717, 1.165) is 18.5 Å². The summed E-state index contributed by atoms with van der Waals surface area (Å²) < 4.78 is 1.73. The molecule has 18 heavy (non-hydrogen) atoms. The first-order valence-electron chi connectivity index (χ1n) is 6.68. The highest BCUT2D eigenvalue weighted by Crippen LogP contribution is 2.38. The number of aryl methyl sites for hydroxylation is 1. The lowest BCUT2D eigenvalue weighted by molar-refractivity contribution is -0.121. The van der Waals surface area contributed by atoms with Crippen LogP contribution in [0, 0.1) is 0 Å². The van der Waals surface area contributed by atoms with Crippen molar-refractivity contribution in [2.45, 2.75) is 44.6 Å². The lowest BCUT2D eigenvalue weighted by Crippen LogP contribution is -2.42. The van der Waals surface area contributed by atoms with Crippen molar-refractivity contribution in [3.63, 3.8) is 0 Å². The Balaban J connectivity index is 1.45. The van der Waals surface area contributed by atoms with E-state index < -0.39 is 0 Å². The number of carbonyl (C=O) groups is 1. The van der Waals surface area contributed by atoms with Gasteiger partial charge in [-0.15, -0.1) is 0 Å². The second-order valence-electron chi connectivity index (χ2n) is 5.39. The van der Waals surface area contributed by atoms with Crippen LogP contribution in [-0.4, -0.2) is 21.7 Å². The van der Waals surface area contributed by atoms with Crippen LogP contribution in [0.3, 0.4) is 0 Å². The molecule has 0 bridgehead atoms. The molecule has 0 aromatic carbocycles. The third kappa shape index (κ3) is 2.33. The number of rotatable bonds is 3. The fourth-order valence-electron chi connectivity index (χ4n) is 2.63. The van der Waals surface area contributed by atoms with Gasteiger partial charge < -0.3 is 5.32 Å². The summed E-state index contributed by atoms with van der Waals surface area (Å²) in [7, 11) is 1.87. The first-order chi connectivity index (χ1) is 8.70. The van der Waals surface area contributed by atoms with Gasteiger partial charge in [0.15, 0.2) is 0 Å². The molecule has 1 amide bonds. The van der Waals surface area contributed by atoms with Crippen LogP contribution < -0.4 is 5.32 Å². The van der Waals surface area contributed by atoms with E-state index in [1.807, 2.05) is 19.3 Å². The Morgan fingerprint density at radius 1 is 1.44 bits per heavy atom. The van der Waals surface area contributed by atoms with Crippen LogP contribution >= 0.6 is 0 Å². The molecule has 2 aliphatic carbocycles. The van der Waals surface area contributed by atoms with E-state index in [9.17, 15) is 4.79 Å². The van der Waals surface area contributed by atoms with Gasteiger partial charge in [0.25, 0.3) is 0 Å². The third-order valence-corrected chi connectivity index (χ3v) is 3.92. The molecule has 1 aromatic rings. The predicted molar refractivity (Wildman–Crippen MR) is 69.0 cm³/mol. The minimum Gasteiger partial charge on any atom is -0.352 e.